The van der Waals surface area contributed by atoms with Gasteiger partial charge < -0.3 is 15.5 Å². The quantitative estimate of drug-likeness (QED) is 0.605. The number of rotatable bonds is 7. The second-order valence-corrected chi connectivity index (χ2v) is 8.83. The molecule has 0 spiro atoms. The Balaban J connectivity index is 1.33. The smallest absolute Gasteiger partial charge is 0.240 e. The van der Waals surface area contributed by atoms with E-state index in [2.05, 4.69) is 69.6 Å². The van der Waals surface area contributed by atoms with Crippen LogP contribution in [0.4, 0.5) is 10.8 Å². The molecule has 3 aromatic rings. The van der Waals surface area contributed by atoms with Crippen molar-refractivity contribution in [2.75, 3.05) is 49.9 Å². The third kappa shape index (κ3) is 5.36. The number of benzene rings is 2. The molecule has 4 rings (SSSR count). The molecule has 2 N–H and O–H groups in total. The largest absolute Gasteiger partial charge is 0.381 e. The van der Waals surface area contributed by atoms with Crippen LogP contribution in [0.2, 0.25) is 0 Å². The van der Waals surface area contributed by atoms with E-state index < -0.39 is 0 Å². The number of anilines is 2. The van der Waals surface area contributed by atoms with Gasteiger partial charge in [0, 0.05) is 38.4 Å². The fourth-order valence-electron chi connectivity index (χ4n) is 3.62. The van der Waals surface area contributed by atoms with Gasteiger partial charge >= 0.3 is 0 Å². The van der Waals surface area contributed by atoms with Crippen LogP contribution in [0.25, 0.3) is 10.2 Å². The van der Waals surface area contributed by atoms with Crippen LogP contribution in [0.15, 0.2) is 42.5 Å². The summed E-state index contributed by atoms with van der Waals surface area (Å²) in [6.07, 6.45) is 0. The van der Waals surface area contributed by atoms with Crippen LogP contribution in [-0.4, -0.2) is 60.0 Å². The molecule has 0 aliphatic carbocycles. The number of hydrogen-bond donors (Lipinski definition) is 2. The number of aryl methyl sites for hydroxylation is 1. The summed E-state index contributed by atoms with van der Waals surface area (Å²) >= 11 is 1.52. The monoisotopic (exact) mass is 423 g/mol. The summed E-state index contributed by atoms with van der Waals surface area (Å²) in [4.78, 5) is 21.6. The minimum atomic E-state index is 0.0109. The topological polar surface area (TPSA) is 60.5 Å². The van der Waals surface area contributed by atoms with E-state index in [9.17, 15) is 4.79 Å². The van der Waals surface area contributed by atoms with Gasteiger partial charge in [0.25, 0.3) is 0 Å². The molecule has 158 valence electrons. The number of carbonyl (C=O) groups is 1. The number of nitrogens with one attached hydrogen (secondary N) is 2. The highest BCUT2D eigenvalue weighted by molar-refractivity contribution is 7.22. The molecule has 0 radical (unpaired) electrons. The molecule has 1 amide bonds. The Morgan fingerprint density at radius 1 is 1.07 bits per heavy atom. The molecule has 2 aromatic carbocycles. The maximum absolute atomic E-state index is 12.4. The first-order chi connectivity index (χ1) is 14.6. The zero-order chi connectivity index (χ0) is 20.9. The Kier molecular flexibility index (Phi) is 6.62. The molecule has 30 heavy (non-hydrogen) atoms. The van der Waals surface area contributed by atoms with Crippen molar-refractivity contribution in [2.24, 2.45) is 0 Å². The number of likely N-dealkylation sites (N-methyl/N-ethyl adjacent to an activating group) is 1. The van der Waals surface area contributed by atoms with Crippen molar-refractivity contribution in [2.45, 2.75) is 20.4 Å². The van der Waals surface area contributed by atoms with Crippen molar-refractivity contribution in [1.82, 2.24) is 14.8 Å². The van der Waals surface area contributed by atoms with E-state index in [1.807, 2.05) is 12.1 Å². The maximum atomic E-state index is 12.4. The van der Waals surface area contributed by atoms with Gasteiger partial charge in [-0.2, -0.15) is 0 Å². The first kappa shape index (κ1) is 20.8. The standard InChI is InChI=1S/C23H29N5OS/c1-3-27-10-12-28(13-11-27)16-22(29)26-23-25-20-9-8-19(14-21(20)30-23)24-15-18-6-4-17(2)5-7-18/h4-9,14,24H,3,10-13,15-16H2,1-2H3,(H,25,26,29). The van der Waals surface area contributed by atoms with Gasteiger partial charge in [0.1, 0.15) is 0 Å². The molecule has 0 unspecified atom stereocenters. The Morgan fingerprint density at radius 2 is 1.80 bits per heavy atom. The highest BCUT2D eigenvalue weighted by Crippen LogP contribution is 2.28. The number of hydrogen-bond acceptors (Lipinski definition) is 6. The normalized spacial score (nSPS) is 15.4. The van der Waals surface area contributed by atoms with Gasteiger partial charge in [-0.05, 0) is 37.2 Å². The van der Waals surface area contributed by atoms with Crippen LogP contribution in [0, 0.1) is 6.92 Å². The molecule has 1 saturated heterocycles. The third-order valence-corrected chi connectivity index (χ3v) is 6.46. The van der Waals surface area contributed by atoms with E-state index in [1.54, 1.807) is 0 Å². The van der Waals surface area contributed by atoms with Gasteiger partial charge in [0.15, 0.2) is 5.13 Å². The predicted molar refractivity (Wildman–Crippen MR) is 125 cm³/mol. The summed E-state index contributed by atoms with van der Waals surface area (Å²) in [5, 5.41) is 7.11. The number of thiazole rings is 1. The lowest BCUT2D eigenvalue weighted by Crippen LogP contribution is -2.48. The number of carbonyl (C=O) groups excluding carboxylic acids is 1. The van der Waals surface area contributed by atoms with Crippen molar-refractivity contribution in [3.63, 3.8) is 0 Å². The highest BCUT2D eigenvalue weighted by atomic mass is 32.1. The van der Waals surface area contributed by atoms with Gasteiger partial charge in [-0.3, -0.25) is 9.69 Å². The molecule has 6 nitrogen and oxygen atoms in total. The van der Waals surface area contributed by atoms with E-state index >= 15 is 0 Å². The first-order valence-corrected chi connectivity index (χ1v) is 11.4. The predicted octanol–water partition coefficient (Wildman–Crippen LogP) is 3.79. The molecule has 1 fully saturated rings. The fraction of sp³-hybridized carbons (Fsp3) is 0.391. The van der Waals surface area contributed by atoms with Crippen molar-refractivity contribution in [3.8, 4) is 0 Å². The van der Waals surface area contributed by atoms with Crippen LogP contribution >= 0.6 is 11.3 Å². The molecule has 0 atom stereocenters. The summed E-state index contributed by atoms with van der Waals surface area (Å²) < 4.78 is 1.07. The second-order valence-electron chi connectivity index (χ2n) is 7.80. The maximum Gasteiger partial charge on any atom is 0.240 e. The Labute approximate surface area is 181 Å². The first-order valence-electron chi connectivity index (χ1n) is 10.5. The number of fused-ring (bicyclic) bond motifs is 1. The number of piperazine rings is 1. The third-order valence-electron chi connectivity index (χ3n) is 5.53. The van der Waals surface area contributed by atoms with Crippen molar-refractivity contribution in [3.05, 3.63) is 53.6 Å². The number of nitrogens with zero attached hydrogens (tertiary/aromatic N) is 3. The summed E-state index contributed by atoms with van der Waals surface area (Å²) in [6, 6.07) is 14.7. The SMILES string of the molecule is CCN1CCN(CC(=O)Nc2nc3ccc(NCc4ccc(C)cc4)cc3s2)CC1. The van der Waals surface area contributed by atoms with Crippen molar-refractivity contribution in [1.29, 1.82) is 0 Å². The van der Waals surface area contributed by atoms with Gasteiger partial charge in [0.05, 0.1) is 16.8 Å². The summed E-state index contributed by atoms with van der Waals surface area (Å²) in [5.74, 6) is 0.0109. The zero-order valence-electron chi connectivity index (χ0n) is 17.6. The Bertz CT molecular complexity index is 993. The van der Waals surface area contributed by atoms with E-state index in [0.29, 0.717) is 11.7 Å². The minimum Gasteiger partial charge on any atom is -0.381 e. The molecular weight excluding hydrogens is 394 g/mol. The lowest BCUT2D eigenvalue weighted by Gasteiger charge is -2.33. The summed E-state index contributed by atoms with van der Waals surface area (Å²) in [6.45, 7) is 10.5. The summed E-state index contributed by atoms with van der Waals surface area (Å²) in [7, 11) is 0. The van der Waals surface area contributed by atoms with Crippen LogP contribution in [-0.2, 0) is 11.3 Å². The molecule has 1 aromatic heterocycles. The lowest BCUT2D eigenvalue weighted by atomic mass is 10.1. The van der Waals surface area contributed by atoms with Gasteiger partial charge in [-0.1, -0.05) is 48.1 Å². The van der Waals surface area contributed by atoms with Crippen molar-refractivity contribution < 1.29 is 4.79 Å². The van der Waals surface area contributed by atoms with Crippen LogP contribution < -0.4 is 10.6 Å². The average Bonchev–Trinajstić information content (AvgIpc) is 3.15. The summed E-state index contributed by atoms with van der Waals surface area (Å²) in [5.41, 5.74) is 4.48. The highest BCUT2D eigenvalue weighted by Gasteiger charge is 2.18. The van der Waals surface area contributed by atoms with E-state index in [-0.39, 0.29) is 5.91 Å². The fourth-order valence-corrected chi connectivity index (χ4v) is 4.54. The molecular formula is C23H29N5OS. The van der Waals surface area contributed by atoms with Gasteiger partial charge in [-0.25, -0.2) is 4.98 Å². The molecule has 7 heteroatoms. The zero-order valence-corrected chi connectivity index (χ0v) is 18.5. The lowest BCUT2D eigenvalue weighted by molar-refractivity contribution is -0.117. The van der Waals surface area contributed by atoms with Gasteiger partial charge in [0.2, 0.25) is 5.91 Å². The van der Waals surface area contributed by atoms with Crippen molar-refractivity contribution >= 4 is 38.3 Å². The van der Waals surface area contributed by atoms with Crippen LogP contribution in [0.1, 0.15) is 18.1 Å². The molecule has 0 saturated carbocycles. The number of aromatic nitrogens is 1. The van der Waals surface area contributed by atoms with Crippen LogP contribution in [0.5, 0.6) is 0 Å². The number of amides is 1. The van der Waals surface area contributed by atoms with E-state index in [1.165, 1.54) is 22.5 Å². The molecule has 0 bridgehead atoms. The van der Waals surface area contributed by atoms with E-state index in [4.69, 9.17) is 0 Å². The van der Waals surface area contributed by atoms with Crippen LogP contribution in [0.3, 0.4) is 0 Å². The minimum absolute atomic E-state index is 0.0109. The molecule has 1 aliphatic heterocycles. The Hall–Kier alpha value is -2.48. The second kappa shape index (κ2) is 9.55. The van der Waals surface area contributed by atoms with E-state index in [0.717, 1.165) is 55.2 Å². The van der Waals surface area contributed by atoms with Gasteiger partial charge in [-0.15, -0.1) is 0 Å². The average molecular weight is 424 g/mol. The Morgan fingerprint density at radius 3 is 2.53 bits per heavy atom. The molecule has 1 aliphatic rings. The molecule has 2 heterocycles.